The van der Waals surface area contributed by atoms with Crippen LogP contribution in [0.15, 0.2) is 18.3 Å². The van der Waals surface area contributed by atoms with Gasteiger partial charge in [0, 0.05) is 12.3 Å². The average Bonchev–Trinajstić information content (AvgIpc) is 3.08. The average molecular weight is 249 g/mol. The van der Waals surface area contributed by atoms with E-state index < -0.39 is 5.60 Å². The molecule has 1 aliphatic rings. The Bertz CT molecular complexity index is 416. The Hall–Kier alpha value is -1.58. The Labute approximate surface area is 107 Å². The molecule has 1 fully saturated rings. The summed E-state index contributed by atoms with van der Waals surface area (Å²) >= 11 is 0. The van der Waals surface area contributed by atoms with Crippen molar-refractivity contribution in [1.29, 1.82) is 0 Å². The fourth-order valence-corrected chi connectivity index (χ4v) is 1.41. The molecule has 98 valence electrons. The molecule has 1 aromatic heterocycles. The predicted octanol–water partition coefficient (Wildman–Crippen LogP) is 2.83. The maximum absolute atomic E-state index is 11.7. The third kappa shape index (κ3) is 4.02. The van der Waals surface area contributed by atoms with Crippen molar-refractivity contribution in [2.75, 3.05) is 6.61 Å². The van der Waals surface area contributed by atoms with Crippen molar-refractivity contribution >= 4 is 5.97 Å². The number of carbonyl (C=O) groups excluding carboxylic acids is 1. The van der Waals surface area contributed by atoms with Crippen LogP contribution < -0.4 is 4.74 Å². The number of carbonyl (C=O) groups is 1. The van der Waals surface area contributed by atoms with Gasteiger partial charge in [0.2, 0.25) is 5.88 Å². The van der Waals surface area contributed by atoms with Gasteiger partial charge < -0.3 is 9.47 Å². The molecule has 0 saturated heterocycles. The highest BCUT2D eigenvalue weighted by Crippen LogP contribution is 2.29. The Morgan fingerprint density at radius 1 is 1.39 bits per heavy atom. The standard InChI is InChI=1S/C14H19NO3/c1-14(2,3)18-13(16)11-6-7-12(15-8-11)17-9-10-4-5-10/h6-8,10H,4-5,9H2,1-3H3. The summed E-state index contributed by atoms with van der Waals surface area (Å²) in [7, 11) is 0. The van der Waals surface area contributed by atoms with Crippen molar-refractivity contribution in [2.24, 2.45) is 5.92 Å². The number of hydrogen-bond donors (Lipinski definition) is 0. The molecule has 0 bridgehead atoms. The Kier molecular flexibility index (Phi) is 3.55. The number of ether oxygens (including phenoxy) is 2. The number of nitrogens with zero attached hydrogens (tertiary/aromatic N) is 1. The molecule has 1 aliphatic carbocycles. The highest BCUT2D eigenvalue weighted by molar-refractivity contribution is 5.89. The summed E-state index contributed by atoms with van der Waals surface area (Å²) in [5.41, 5.74) is -0.0400. The maximum Gasteiger partial charge on any atom is 0.340 e. The molecule has 0 N–H and O–H groups in total. The summed E-state index contributed by atoms with van der Waals surface area (Å²) in [5, 5.41) is 0. The number of hydrogen-bond acceptors (Lipinski definition) is 4. The SMILES string of the molecule is CC(C)(C)OC(=O)c1ccc(OCC2CC2)nc1. The van der Waals surface area contributed by atoms with Gasteiger partial charge in [-0.25, -0.2) is 9.78 Å². The van der Waals surface area contributed by atoms with Gasteiger partial charge in [-0.3, -0.25) is 0 Å². The minimum Gasteiger partial charge on any atom is -0.477 e. The molecule has 0 amide bonds. The lowest BCUT2D eigenvalue weighted by Gasteiger charge is -2.19. The van der Waals surface area contributed by atoms with Crippen LogP contribution in [0, 0.1) is 5.92 Å². The molecule has 0 spiro atoms. The van der Waals surface area contributed by atoms with Crippen LogP contribution in [0.3, 0.4) is 0 Å². The van der Waals surface area contributed by atoms with Crippen LogP contribution in [0.1, 0.15) is 44.0 Å². The normalized spacial score (nSPS) is 15.3. The smallest absolute Gasteiger partial charge is 0.340 e. The van der Waals surface area contributed by atoms with Gasteiger partial charge in [0.25, 0.3) is 0 Å². The van der Waals surface area contributed by atoms with E-state index in [9.17, 15) is 4.79 Å². The summed E-state index contributed by atoms with van der Waals surface area (Å²) in [4.78, 5) is 15.9. The first-order valence-corrected chi connectivity index (χ1v) is 6.26. The van der Waals surface area contributed by atoms with Gasteiger partial charge in [0.05, 0.1) is 12.2 Å². The van der Waals surface area contributed by atoms with Crippen molar-refractivity contribution in [3.63, 3.8) is 0 Å². The molecule has 4 heteroatoms. The number of aromatic nitrogens is 1. The minimum absolute atomic E-state index is 0.358. The molecular formula is C14H19NO3. The van der Waals surface area contributed by atoms with Crippen LogP contribution in [0.2, 0.25) is 0 Å². The maximum atomic E-state index is 11.7. The topological polar surface area (TPSA) is 48.4 Å². The zero-order valence-corrected chi connectivity index (χ0v) is 11.1. The van der Waals surface area contributed by atoms with E-state index in [-0.39, 0.29) is 5.97 Å². The zero-order valence-electron chi connectivity index (χ0n) is 11.1. The van der Waals surface area contributed by atoms with E-state index in [1.54, 1.807) is 12.1 Å². The van der Waals surface area contributed by atoms with Crippen LogP contribution in [0.4, 0.5) is 0 Å². The quantitative estimate of drug-likeness (QED) is 0.770. The third-order valence-electron chi connectivity index (χ3n) is 2.53. The molecule has 4 nitrogen and oxygen atoms in total. The van der Waals surface area contributed by atoms with E-state index in [1.165, 1.54) is 19.0 Å². The lowest BCUT2D eigenvalue weighted by molar-refractivity contribution is 0.00690. The van der Waals surface area contributed by atoms with Crippen molar-refractivity contribution in [3.8, 4) is 5.88 Å². The lowest BCUT2D eigenvalue weighted by Crippen LogP contribution is -2.23. The van der Waals surface area contributed by atoms with Gasteiger partial charge in [0.15, 0.2) is 0 Å². The van der Waals surface area contributed by atoms with Gasteiger partial charge in [-0.1, -0.05) is 0 Å². The Morgan fingerprint density at radius 3 is 2.61 bits per heavy atom. The molecule has 1 aromatic rings. The zero-order chi connectivity index (χ0) is 13.2. The molecule has 0 atom stereocenters. The van der Waals surface area contributed by atoms with Crippen LogP contribution in [0.5, 0.6) is 5.88 Å². The van der Waals surface area contributed by atoms with Crippen LogP contribution >= 0.6 is 0 Å². The lowest BCUT2D eigenvalue weighted by atomic mass is 10.2. The molecule has 0 aliphatic heterocycles. The molecule has 0 radical (unpaired) electrons. The van der Waals surface area contributed by atoms with Crippen LogP contribution in [0.25, 0.3) is 0 Å². The van der Waals surface area contributed by atoms with E-state index in [4.69, 9.17) is 9.47 Å². The third-order valence-corrected chi connectivity index (χ3v) is 2.53. The fraction of sp³-hybridized carbons (Fsp3) is 0.571. The van der Waals surface area contributed by atoms with Gasteiger partial charge in [-0.15, -0.1) is 0 Å². The Balaban J connectivity index is 1.91. The summed E-state index contributed by atoms with van der Waals surface area (Å²) in [6.45, 7) is 6.24. The fourth-order valence-electron chi connectivity index (χ4n) is 1.41. The summed E-state index contributed by atoms with van der Waals surface area (Å²) < 4.78 is 10.8. The molecule has 1 heterocycles. The first-order valence-electron chi connectivity index (χ1n) is 6.26. The van der Waals surface area contributed by atoms with Crippen LogP contribution in [-0.4, -0.2) is 23.2 Å². The molecule has 2 rings (SSSR count). The van der Waals surface area contributed by atoms with E-state index in [2.05, 4.69) is 4.98 Å². The molecule has 18 heavy (non-hydrogen) atoms. The first-order chi connectivity index (χ1) is 8.44. The van der Waals surface area contributed by atoms with Crippen molar-refractivity contribution in [1.82, 2.24) is 4.98 Å². The summed E-state index contributed by atoms with van der Waals surface area (Å²) in [6, 6.07) is 3.39. The van der Waals surface area contributed by atoms with Crippen molar-refractivity contribution in [2.45, 2.75) is 39.2 Å². The second-order valence-electron chi connectivity index (χ2n) is 5.64. The highest BCUT2D eigenvalue weighted by Gasteiger charge is 2.22. The van der Waals surface area contributed by atoms with Crippen LogP contribution in [-0.2, 0) is 4.74 Å². The van der Waals surface area contributed by atoms with E-state index in [1.807, 2.05) is 20.8 Å². The molecule has 0 aromatic carbocycles. The molecule has 1 saturated carbocycles. The van der Waals surface area contributed by atoms with E-state index in [0.717, 1.165) is 6.61 Å². The largest absolute Gasteiger partial charge is 0.477 e. The van der Waals surface area contributed by atoms with Gasteiger partial charge in [0.1, 0.15) is 5.60 Å². The molecule has 0 unspecified atom stereocenters. The monoisotopic (exact) mass is 249 g/mol. The first kappa shape index (κ1) is 12.9. The number of esters is 1. The number of rotatable bonds is 4. The van der Waals surface area contributed by atoms with Gasteiger partial charge in [-0.2, -0.15) is 0 Å². The second-order valence-corrected chi connectivity index (χ2v) is 5.64. The molecular weight excluding hydrogens is 230 g/mol. The van der Waals surface area contributed by atoms with Crippen molar-refractivity contribution < 1.29 is 14.3 Å². The van der Waals surface area contributed by atoms with Gasteiger partial charge in [-0.05, 0) is 45.6 Å². The second kappa shape index (κ2) is 4.96. The summed E-state index contributed by atoms with van der Waals surface area (Å²) in [6.07, 6.45) is 3.99. The number of pyridine rings is 1. The van der Waals surface area contributed by atoms with Gasteiger partial charge >= 0.3 is 5.97 Å². The van der Waals surface area contributed by atoms with E-state index >= 15 is 0 Å². The highest BCUT2D eigenvalue weighted by atomic mass is 16.6. The Morgan fingerprint density at radius 2 is 2.11 bits per heavy atom. The van der Waals surface area contributed by atoms with E-state index in [0.29, 0.717) is 17.4 Å². The minimum atomic E-state index is -0.488. The predicted molar refractivity (Wildman–Crippen MR) is 67.6 cm³/mol. The summed E-state index contributed by atoms with van der Waals surface area (Å²) in [5.74, 6) is 0.898. The van der Waals surface area contributed by atoms with Crippen molar-refractivity contribution in [3.05, 3.63) is 23.9 Å².